The van der Waals surface area contributed by atoms with E-state index in [1.807, 2.05) is 36.4 Å². The minimum atomic E-state index is -4.79. The highest BCUT2D eigenvalue weighted by molar-refractivity contribution is 7.97. The van der Waals surface area contributed by atoms with Crippen LogP contribution in [0, 0.1) is 0 Å². The number of hydrogen-bond donors (Lipinski definition) is 0. The molecule has 0 aliphatic carbocycles. The van der Waals surface area contributed by atoms with Gasteiger partial charge in [-0.05, 0) is 18.2 Å². The Labute approximate surface area is 140 Å². The van der Waals surface area contributed by atoms with Gasteiger partial charge in [0, 0.05) is 21.7 Å². The molecule has 128 valence electrons. The van der Waals surface area contributed by atoms with Gasteiger partial charge in [-0.1, -0.05) is 18.2 Å². The SMILES string of the molecule is COc1ccc([S+]2CCN(C(=O)C(F)(F)F)CC2)c2ccccc12. The summed E-state index contributed by atoms with van der Waals surface area (Å²) in [6, 6.07) is 11.8. The van der Waals surface area contributed by atoms with Gasteiger partial charge in [-0.3, -0.25) is 4.79 Å². The van der Waals surface area contributed by atoms with Crippen molar-refractivity contribution in [3.8, 4) is 5.75 Å². The third kappa shape index (κ3) is 3.17. The van der Waals surface area contributed by atoms with Crippen LogP contribution in [0.15, 0.2) is 41.3 Å². The van der Waals surface area contributed by atoms with Crippen molar-refractivity contribution in [2.75, 3.05) is 31.7 Å². The largest absolute Gasteiger partial charge is 0.496 e. The number of benzene rings is 2. The van der Waals surface area contributed by atoms with Crippen molar-refractivity contribution in [2.45, 2.75) is 11.1 Å². The molecule has 1 heterocycles. The zero-order valence-electron chi connectivity index (χ0n) is 13.1. The Balaban J connectivity index is 1.83. The Bertz CT molecular complexity index is 755. The number of methoxy groups -OCH3 is 1. The zero-order chi connectivity index (χ0) is 17.3. The maximum Gasteiger partial charge on any atom is 0.471 e. The summed E-state index contributed by atoms with van der Waals surface area (Å²) in [5.74, 6) is 0.158. The lowest BCUT2D eigenvalue weighted by Crippen LogP contribution is -2.49. The first-order chi connectivity index (χ1) is 11.4. The van der Waals surface area contributed by atoms with Crippen LogP contribution >= 0.6 is 0 Å². The molecule has 7 heteroatoms. The standard InChI is InChI=1S/C17H17F3NO2S/c1-23-14-6-7-15(13-5-3-2-4-12(13)14)24-10-8-21(9-11-24)16(22)17(18,19)20/h2-7H,8-11H2,1H3/q+1. The van der Waals surface area contributed by atoms with Crippen LogP contribution in [0.1, 0.15) is 0 Å². The summed E-state index contributed by atoms with van der Waals surface area (Å²) in [4.78, 5) is 13.4. The number of rotatable bonds is 2. The van der Waals surface area contributed by atoms with Gasteiger partial charge in [0.1, 0.15) is 17.3 Å². The highest BCUT2D eigenvalue weighted by Crippen LogP contribution is 2.33. The summed E-state index contributed by atoms with van der Waals surface area (Å²) in [5.41, 5.74) is 0. The summed E-state index contributed by atoms with van der Waals surface area (Å²) >= 11 is 0. The average Bonchev–Trinajstić information content (AvgIpc) is 2.59. The van der Waals surface area contributed by atoms with E-state index in [0.29, 0.717) is 11.5 Å². The van der Waals surface area contributed by atoms with E-state index >= 15 is 0 Å². The highest BCUT2D eigenvalue weighted by atomic mass is 32.2. The van der Waals surface area contributed by atoms with Crippen molar-refractivity contribution in [3.05, 3.63) is 36.4 Å². The predicted molar refractivity (Wildman–Crippen MR) is 88.5 cm³/mol. The predicted octanol–water partition coefficient (Wildman–Crippen LogP) is 3.23. The molecule has 1 saturated heterocycles. The van der Waals surface area contributed by atoms with Crippen LogP contribution in [0.25, 0.3) is 10.8 Å². The fraction of sp³-hybridized carbons (Fsp3) is 0.353. The van der Waals surface area contributed by atoms with Gasteiger partial charge < -0.3 is 9.64 Å². The third-order valence-electron chi connectivity index (χ3n) is 4.12. The molecule has 0 unspecified atom stereocenters. The summed E-state index contributed by atoms with van der Waals surface area (Å²) < 4.78 is 43.0. The smallest absolute Gasteiger partial charge is 0.471 e. The van der Waals surface area contributed by atoms with E-state index < -0.39 is 12.1 Å². The van der Waals surface area contributed by atoms with E-state index in [1.165, 1.54) is 0 Å². The monoisotopic (exact) mass is 356 g/mol. The number of ether oxygens (including phenoxy) is 1. The molecule has 3 rings (SSSR count). The summed E-state index contributed by atoms with van der Waals surface area (Å²) in [7, 11) is 1.44. The number of fused-ring (bicyclic) bond motifs is 1. The average molecular weight is 356 g/mol. The number of alkyl halides is 3. The number of carbonyl (C=O) groups excluding carboxylic acids is 1. The lowest BCUT2D eigenvalue weighted by molar-refractivity contribution is -0.185. The zero-order valence-corrected chi connectivity index (χ0v) is 13.9. The van der Waals surface area contributed by atoms with Crippen molar-refractivity contribution in [2.24, 2.45) is 0 Å². The highest BCUT2D eigenvalue weighted by Gasteiger charge is 2.45. The number of halogens is 3. The third-order valence-corrected chi connectivity index (χ3v) is 6.45. The van der Waals surface area contributed by atoms with Gasteiger partial charge in [-0.15, -0.1) is 0 Å². The molecule has 3 nitrogen and oxygen atoms in total. The lowest BCUT2D eigenvalue weighted by atomic mass is 10.1. The molecule has 2 aromatic rings. The van der Waals surface area contributed by atoms with Crippen LogP contribution < -0.4 is 4.74 Å². The van der Waals surface area contributed by atoms with E-state index in [9.17, 15) is 18.0 Å². The molecule has 0 bridgehead atoms. The van der Waals surface area contributed by atoms with Crippen LogP contribution in [0.5, 0.6) is 5.75 Å². The van der Waals surface area contributed by atoms with E-state index in [-0.39, 0.29) is 24.0 Å². The van der Waals surface area contributed by atoms with Crippen LogP contribution in [0.4, 0.5) is 13.2 Å². The Morgan fingerprint density at radius 1 is 1.08 bits per heavy atom. The molecule has 0 atom stereocenters. The first-order valence-corrected chi connectivity index (χ1v) is 9.07. The number of carbonyl (C=O) groups is 1. The van der Waals surface area contributed by atoms with Gasteiger partial charge in [0.25, 0.3) is 0 Å². The Morgan fingerprint density at radius 2 is 1.71 bits per heavy atom. The maximum absolute atomic E-state index is 12.5. The molecule has 1 aliphatic heterocycles. The second-order valence-corrected chi connectivity index (χ2v) is 7.74. The molecule has 2 aromatic carbocycles. The van der Waals surface area contributed by atoms with Crippen molar-refractivity contribution in [3.63, 3.8) is 0 Å². The molecule has 0 radical (unpaired) electrons. The van der Waals surface area contributed by atoms with Crippen LogP contribution in [-0.2, 0) is 15.7 Å². The van der Waals surface area contributed by atoms with E-state index in [4.69, 9.17) is 4.74 Å². The molecular formula is C17H17F3NO2S+. The first kappa shape index (κ1) is 17.0. The first-order valence-electron chi connectivity index (χ1n) is 7.51. The Kier molecular flexibility index (Phi) is 4.62. The van der Waals surface area contributed by atoms with Gasteiger partial charge in [0.15, 0.2) is 4.90 Å². The van der Waals surface area contributed by atoms with E-state index in [2.05, 4.69) is 0 Å². The second kappa shape index (κ2) is 6.55. The van der Waals surface area contributed by atoms with Crippen LogP contribution in [-0.4, -0.2) is 48.7 Å². The molecule has 0 saturated carbocycles. The second-order valence-electron chi connectivity index (χ2n) is 5.50. The fourth-order valence-corrected chi connectivity index (χ4v) is 5.21. The Hall–Kier alpha value is -1.89. The summed E-state index contributed by atoms with van der Waals surface area (Å²) in [6.07, 6.45) is -4.79. The molecule has 24 heavy (non-hydrogen) atoms. The minimum absolute atomic E-state index is 0.141. The van der Waals surface area contributed by atoms with Crippen LogP contribution in [0.2, 0.25) is 0 Å². The van der Waals surface area contributed by atoms with Gasteiger partial charge >= 0.3 is 12.1 Å². The van der Waals surface area contributed by atoms with E-state index in [1.54, 1.807) is 7.11 Å². The molecule has 0 aromatic heterocycles. The topological polar surface area (TPSA) is 29.5 Å². The number of hydrogen-bond acceptors (Lipinski definition) is 2. The molecule has 0 spiro atoms. The molecular weight excluding hydrogens is 339 g/mol. The van der Waals surface area contributed by atoms with Gasteiger partial charge in [0.2, 0.25) is 0 Å². The lowest BCUT2D eigenvalue weighted by Gasteiger charge is -2.27. The van der Waals surface area contributed by atoms with Gasteiger partial charge in [-0.2, -0.15) is 13.2 Å². The quantitative estimate of drug-likeness (QED) is 0.774. The van der Waals surface area contributed by atoms with Gasteiger partial charge in [0.05, 0.1) is 20.2 Å². The van der Waals surface area contributed by atoms with Gasteiger partial charge in [-0.25, -0.2) is 0 Å². The van der Waals surface area contributed by atoms with E-state index in [0.717, 1.165) is 26.3 Å². The summed E-state index contributed by atoms with van der Waals surface area (Å²) in [6.45, 7) is 0.281. The van der Waals surface area contributed by atoms with Crippen molar-refractivity contribution in [1.29, 1.82) is 0 Å². The fourth-order valence-electron chi connectivity index (χ4n) is 2.93. The number of nitrogens with zero attached hydrogens (tertiary/aromatic N) is 1. The molecule has 1 amide bonds. The minimum Gasteiger partial charge on any atom is -0.496 e. The normalized spacial score (nSPS) is 16.4. The molecule has 0 N–H and O–H groups in total. The van der Waals surface area contributed by atoms with Crippen molar-refractivity contribution < 1.29 is 22.7 Å². The maximum atomic E-state index is 12.5. The molecule has 1 fully saturated rings. The molecule has 1 aliphatic rings. The summed E-state index contributed by atoms with van der Waals surface area (Å²) in [5, 5.41) is 2.06. The van der Waals surface area contributed by atoms with Crippen molar-refractivity contribution in [1.82, 2.24) is 4.90 Å². The van der Waals surface area contributed by atoms with Crippen molar-refractivity contribution >= 4 is 27.6 Å². The number of amides is 1. The van der Waals surface area contributed by atoms with Crippen LogP contribution in [0.3, 0.4) is 0 Å². The Morgan fingerprint density at radius 3 is 2.29 bits per heavy atom.